The summed E-state index contributed by atoms with van der Waals surface area (Å²) >= 11 is 0. The number of rotatable bonds is 5. The van der Waals surface area contributed by atoms with Crippen molar-refractivity contribution < 1.29 is 4.79 Å². The number of anilines is 2. The molecular weight excluding hydrogens is 264 g/mol. The van der Waals surface area contributed by atoms with Crippen molar-refractivity contribution in [1.29, 1.82) is 0 Å². The monoisotopic (exact) mass is 288 g/mol. The van der Waals surface area contributed by atoms with E-state index in [1.54, 1.807) is 6.20 Å². The van der Waals surface area contributed by atoms with Crippen LogP contribution in [0.25, 0.3) is 0 Å². The van der Waals surface area contributed by atoms with Gasteiger partial charge in [0.15, 0.2) is 5.82 Å². The molecule has 1 aliphatic carbocycles. The Balaban J connectivity index is 1.68. The van der Waals surface area contributed by atoms with E-state index in [1.807, 2.05) is 12.1 Å². The number of nitrogens with one attached hydrogen (secondary N) is 1. The van der Waals surface area contributed by atoms with Crippen molar-refractivity contribution in [2.45, 2.75) is 38.5 Å². The summed E-state index contributed by atoms with van der Waals surface area (Å²) in [6.45, 7) is 2.64. The molecule has 0 aromatic carbocycles. The van der Waals surface area contributed by atoms with Gasteiger partial charge in [0.2, 0.25) is 5.91 Å². The lowest BCUT2D eigenvalue weighted by molar-refractivity contribution is -0.119. The van der Waals surface area contributed by atoms with Crippen molar-refractivity contribution in [1.82, 2.24) is 4.98 Å². The third kappa shape index (κ3) is 3.02. The third-order valence-corrected chi connectivity index (χ3v) is 4.85. The van der Waals surface area contributed by atoms with Crippen molar-refractivity contribution in [2.24, 2.45) is 11.1 Å². The zero-order chi connectivity index (χ0) is 14.7. The smallest absolute Gasteiger partial charge is 0.225 e. The van der Waals surface area contributed by atoms with Gasteiger partial charge < -0.3 is 16.0 Å². The van der Waals surface area contributed by atoms with Crippen LogP contribution in [0.15, 0.2) is 18.3 Å². The molecule has 1 aromatic heterocycles. The lowest BCUT2D eigenvalue weighted by Gasteiger charge is -2.40. The van der Waals surface area contributed by atoms with Gasteiger partial charge in [0, 0.05) is 25.7 Å². The molecule has 0 spiro atoms. The van der Waals surface area contributed by atoms with Crippen molar-refractivity contribution in [3.63, 3.8) is 0 Å². The molecular formula is C16H24N4O. The van der Waals surface area contributed by atoms with Crippen LogP contribution in [0.4, 0.5) is 11.5 Å². The number of carbonyl (C=O) groups excluding carboxylic acids is 1. The summed E-state index contributed by atoms with van der Waals surface area (Å²) in [5.41, 5.74) is 6.71. The number of hydrogen-bond acceptors (Lipinski definition) is 4. The molecule has 2 fully saturated rings. The average Bonchev–Trinajstić information content (AvgIpc) is 2.97. The van der Waals surface area contributed by atoms with E-state index in [2.05, 4.69) is 15.2 Å². The Labute approximate surface area is 125 Å². The van der Waals surface area contributed by atoms with Crippen LogP contribution >= 0.6 is 0 Å². The van der Waals surface area contributed by atoms with Crippen molar-refractivity contribution in [3.05, 3.63) is 18.3 Å². The van der Waals surface area contributed by atoms with Gasteiger partial charge in [-0.1, -0.05) is 6.42 Å². The van der Waals surface area contributed by atoms with Crippen LogP contribution in [0.2, 0.25) is 0 Å². The summed E-state index contributed by atoms with van der Waals surface area (Å²) in [4.78, 5) is 19.0. The average molecular weight is 288 g/mol. The number of carbonyl (C=O) groups is 1. The van der Waals surface area contributed by atoms with Gasteiger partial charge in [-0.15, -0.1) is 0 Å². The maximum absolute atomic E-state index is 12.3. The van der Waals surface area contributed by atoms with Gasteiger partial charge in [-0.2, -0.15) is 0 Å². The normalized spacial score (nSPS) is 20.1. The van der Waals surface area contributed by atoms with Gasteiger partial charge in [0.25, 0.3) is 0 Å². The van der Waals surface area contributed by atoms with Gasteiger partial charge in [0.1, 0.15) is 0 Å². The number of amides is 1. The highest BCUT2D eigenvalue weighted by Crippen LogP contribution is 2.43. The van der Waals surface area contributed by atoms with Crippen LogP contribution in [-0.2, 0) is 4.79 Å². The van der Waals surface area contributed by atoms with Gasteiger partial charge in [0.05, 0.1) is 5.69 Å². The topological polar surface area (TPSA) is 71.2 Å². The summed E-state index contributed by atoms with van der Waals surface area (Å²) in [6, 6.07) is 3.81. The second-order valence-electron chi connectivity index (χ2n) is 6.35. The molecule has 2 heterocycles. The first-order valence-corrected chi connectivity index (χ1v) is 7.92. The van der Waals surface area contributed by atoms with E-state index in [9.17, 15) is 4.79 Å². The lowest BCUT2D eigenvalue weighted by atomic mass is 9.66. The number of pyridine rings is 1. The zero-order valence-electron chi connectivity index (χ0n) is 12.5. The predicted molar refractivity (Wildman–Crippen MR) is 84.3 cm³/mol. The fraction of sp³-hybridized carbons (Fsp3) is 0.625. The molecule has 0 unspecified atom stereocenters. The Morgan fingerprint density at radius 1 is 1.33 bits per heavy atom. The molecule has 5 nitrogen and oxygen atoms in total. The Morgan fingerprint density at radius 2 is 2.10 bits per heavy atom. The SMILES string of the molecule is NCC1(CC(=O)Nc2cccnc2N2CCCC2)CCC1. The van der Waals surface area contributed by atoms with E-state index in [0.29, 0.717) is 13.0 Å². The molecule has 1 amide bonds. The largest absolute Gasteiger partial charge is 0.355 e. The van der Waals surface area contributed by atoms with E-state index in [4.69, 9.17) is 5.73 Å². The molecule has 1 saturated heterocycles. The molecule has 21 heavy (non-hydrogen) atoms. The maximum atomic E-state index is 12.3. The summed E-state index contributed by atoms with van der Waals surface area (Å²) in [5.74, 6) is 0.965. The molecule has 1 aliphatic heterocycles. The van der Waals surface area contributed by atoms with Crippen LogP contribution < -0.4 is 16.0 Å². The molecule has 1 saturated carbocycles. The minimum atomic E-state index is 0.0418. The van der Waals surface area contributed by atoms with E-state index >= 15 is 0 Å². The Kier molecular flexibility index (Phi) is 4.10. The molecule has 1 aromatic rings. The van der Waals surface area contributed by atoms with Gasteiger partial charge in [-0.3, -0.25) is 4.79 Å². The van der Waals surface area contributed by atoms with E-state index in [1.165, 1.54) is 19.3 Å². The van der Waals surface area contributed by atoms with Crippen LogP contribution in [0.1, 0.15) is 38.5 Å². The molecule has 5 heteroatoms. The van der Waals surface area contributed by atoms with E-state index < -0.39 is 0 Å². The summed E-state index contributed by atoms with van der Waals surface area (Å²) in [5, 5.41) is 3.05. The highest BCUT2D eigenvalue weighted by Gasteiger charge is 2.37. The molecule has 0 radical (unpaired) electrons. The van der Waals surface area contributed by atoms with Crippen molar-refractivity contribution in [2.75, 3.05) is 29.9 Å². The minimum absolute atomic E-state index is 0.0418. The summed E-state index contributed by atoms with van der Waals surface area (Å²) in [7, 11) is 0. The van der Waals surface area contributed by atoms with Gasteiger partial charge in [-0.25, -0.2) is 4.98 Å². The lowest BCUT2D eigenvalue weighted by Crippen LogP contribution is -2.40. The molecule has 3 rings (SSSR count). The maximum Gasteiger partial charge on any atom is 0.225 e. The quantitative estimate of drug-likeness (QED) is 0.871. The Bertz CT molecular complexity index is 501. The van der Waals surface area contributed by atoms with Crippen molar-refractivity contribution in [3.8, 4) is 0 Å². The first-order chi connectivity index (χ1) is 10.2. The third-order valence-electron chi connectivity index (χ3n) is 4.85. The highest BCUT2D eigenvalue weighted by atomic mass is 16.1. The number of hydrogen-bond donors (Lipinski definition) is 2. The van der Waals surface area contributed by atoms with Crippen molar-refractivity contribution >= 4 is 17.4 Å². The molecule has 0 bridgehead atoms. The molecule has 0 atom stereocenters. The van der Waals surface area contributed by atoms with Crippen LogP contribution in [0.3, 0.4) is 0 Å². The number of aromatic nitrogens is 1. The highest BCUT2D eigenvalue weighted by molar-refractivity contribution is 5.94. The summed E-state index contributed by atoms with van der Waals surface area (Å²) < 4.78 is 0. The minimum Gasteiger partial charge on any atom is -0.355 e. The first-order valence-electron chi connectivity index (χ1n) is 7.92. The molecule has 114 valence electrons. The summed E-state index contributed by atoms with van der Waals surface area (Å²) in [6.07, 6.45) is 8.04. The van der Waals surface area contributed by atoms with Crippen LogP contribution in [0, 0.1) is 5.41 Å². The number of nitrogens with two attached hydrogens (primary N) is 1. The van der Waals surface area contributed by atoms with E-state index in [0.717, 1.165) is 37.4 Å². The standard InChI is InChI=1S/C16H24N4O/c17-12-16(6-4-7-16)11-14(21)19-13-5-3-8-18-15(13)20-9-1-2-10-20/h3,5,8H,1-2,4,6-7,9-12,17H2,(H,19,21). The van der Waals surface area contributed by atoms with E-state index in [-0.39, 0.29) is 11.3 Å². The van der Waals surface area contributed by atoms with Crippen LogP contribution in [0.5, 0.6) is 0 Å². The van der Waals surface area contributed by atoms with Gasteiger partial charge >= 0.3 is 0 Å². The molecule has 3 N–H and O–H groups in total. The van der Waals surface area contributed by atoms with Crippen LogP contribution in [-0.4, -0.2) is 30.5 Å². The molecule has 2 aliphatic rings. The zero-order valence-corrected chi connectivity index (χ0v) is 12.5. The second kappa shape index (κ2) is 6.02. The Morgan fingerprint density at radius 3 is 2.71 bits per heavy atom. The fourth-order valence-electron chi connectivity index (χ4n) is 3.34. The number of nitrogens with zero attached hydrogens (tertiary/aromatic N) is 2. The second-order valence-corrected chi connectivity index (χ2v) is 6.35. The fourth-order valence-corrected chi connectivity index (χ4v) is 3.34. The van der Waals surface area contributed by atoms with Gasteiger partial charge in [-0.05, 0) is 49.8 Å². The predicted octanol–water partition coefficient (Wildman–Crippen LogP) is 2.14. The first kappa shape index (κ1) is 14.3. The Hall–Kier alpha value is -1.62.